The normalized spacial score (nSPS) is 25.1. The van der Waals surface area contributed by atoms with Crippen LogP contribution in [0.1, 0.15) is 50.3 Å². The number of hydrogen-bond donors (Lipinski definition) is 2. The van der Waals surface area contributed by atoms with Crippen LogP contribution in [0, 0.1) is 24.2 Å². The summed E-state index contributed by atoms with van der Waals surface area (Å²) < 4.78 is 0. The van der Waals surface area contributed by atoms with Crippen LogP contribution in [-0.2, 0) is 4.79 Å². The van der Waals surface area contributed by atoms with Gasteiger partial charge in [0.15, 0.2) is 0 Å². The molecule has 0 aromatic carbocycles. The van der Waals surface area contributed by atoms with Crippen LogP contribution in [-0.4, -0.2) is 21.6 Å². The molecular formula is C16H21N3O2. The minimum Gasteiger partial charge on any atom is -0.480 e. The van der Waals surface area contributed by atoms with E-state index >= 15 is 0 Å². The molecule has 1 aromatic rings. The monoisotopic (exact) mass is 287 g/mol. The van der Waals surface area contributed by atoms with Gasteiger partial charge in [0.25, 0.3) is 0 Å². The van der Waals surface area contributed by atoms with Gasteiger partial charge in [-0.25, -0.2) is 9.78 Å². The fraction of sp³-hybridized carbons (Fsp3) is 0.562. The molecule has 0 unspecified atom stereocenters. The quantitative estimate of drug-likeness (QED) is 0.888. The SMILES string of the molecule is CCC1CCC(Nc2cc(C#N)cc(C)n2)(C(=O)O)CC1. The van der Waals surface area contributed by atoms with Crippen molar-refractivity contribution in [3.63, 3.8) is 0 Å². The number of carboxylic acids is 1. The number of rotatable bonds is 4. The highest BCUT2D eigenvalue weighted by atomic mass is 16.4. The molecule has 5 nitrogen and oxygen atoms in total. The molecule has 1 heterocycles. The molecular weight excluding hydrogens is 266 g/mol. The number of nitrogens with one attached hydrogen (secondary N) is 1. The van der Waals surface area contributed by atoms with E-state index in [0.29, 0.717) is 35.8 Å². The van der Waals surface area contributed by atoms with Crippen molar-refractivity contribution in [1.29, 1.82) is 5.26 Å². The maximum Gasteiger partial charge on any atom is 0.329 e. The molecule has 0 bridgehead atoms. The van der Waals surface area contributed by atoms with Crippen LogP contribution in [0.4, 0.5) is 5.82 Å². The minimum absolute atomic E-state index is 0.476. The number of nitrogens with zero attached hydrogens (tertiary/aromatic N) is 2. The van der Waals surface area contributed by atoms with E-state index in [1.54, 1.807) is 19.1 Å². The van der Waals surface area contributed by atoms with Gasteiger partial charge < -0.3 is 10.4 Å². The van der Waals surface area contributed by atoms with Gasteiger partial charge in [-0.2, -0.15) is 5.26 Å². The van der Waals surface area contributed by atoms with Crippen LogP contribution in [0.25, 0.3) is 0 Å². The molecule has 0 spiro atoms. The first kappa shape index (κ1) is 15.3. The van der Waals surface area contributed by atoms with Crippen LogP contribution in [0.3, 0.4) is 0 Å². The van der Waals surface area contributed by atoms with Gasteiger partial charge in [0.1, 0.15) is 11.4 Å². The van der Waals surface area contributed by atoms with Crippen molar-refractivity contribution in [3.05, 3.63) is 23.4 Å². The molecule has 2 rings (SSSR count). The maximum atomic E-state index is 11.8. The number of aryl methyl sites for hydroxylation is 1. The lowest BCUT2D eigenvalue weighted by molar-refractivity contribution is -0.143. The van der Waals surface area contributed by atoms with Crippen molar-refractivity contribution in [2.75, 3.05) is 5.32 Å². The Balaban J connectivity index is 2.24. The van der Waals surface area contributed by atoms with Crippen LogP contribution in [0.2, 0.25) is 0 Å². The number of hydrogen-bond acceptors (Lipinski definition) is 4. The Morgan fingerprint density at radius 3 is 2.71 bits per heavy atom. The van der Waals surface area contributed by atoms with Crippen molar-refractivity contribution in [2.45, 2.75) is 51.5 Å². The number of nitriles is 1. The van der Waals surface area contributed by atoms with Crippen molar-refractivity contribution in [1.82, 2.24) is 4.98 Å². The van der Waals surface area contributed by atoms with E-state index in [0.717, 1.165) is 19.3 Å². The number of pyridine rings is 1. The lowest BCUT2D eigenvalue weighted by Crippen LogP contribution is -2.49. The molecule has 1 aromatic heterocycles. The Morgan fingerprint density at radius 2 is 2.19 bits per heavy atom. The number of anilines is 1. The van der Waals surface area contributed by atoms with E-state index in [9.17, 15) is 9.90 Å². The largest absolute Gasteiger partial charge is 0.480 e. The summed E-state index contributed by atoms with van der Waals surface area (Å²) in [6.45, 7) is 3.95. The molecule has 0 atom stereocenters. The maximum absolute atomic E-state index is 11.8. The van der Waals surface area contributed by atoms with Crippen molar-refractivity contribution in [2.24, 2.45) is 5.92 Å². The fourth-order valence-corrected chi connectivity index (χ4v) is 3.01. The molecule has 0 amide bonds. The zero-order valence-corrected chi connectivity index (χ0v) is 12.5. The highest BCUT2D eigenvalue weighted by Gasteiger charge is 2.42. The first-order valence-corrected chi connectivity index (χ1v) is 7.39. The third-order valence-electron chi connectivity index (χ3n) is 4.40. The van der Waals surface area contributed by atoms with E-state index in [4.69, 9.17) is 5.26 Å². The molecule has 0 radical (unpaired) electrons. The Kier molecular flexibility index (Phi) is 4.46. The highest BCUT2D eigenvalue weighted by Crippen LogP contribution is 2.36. The standard InChI is InChI=1S/C16H21N3O2/c1-3-12-4-6-16(7-5-12,15(20)21)19-14-9-13(10-17)8-11(2)18-14/h8-9,12H,3-7H2,1-2H3,(H,18,19)(H,20,21). The zero-order valence-electron chi connectivity index (χ0n) is 12.5. The average Bonchev–Trinajstić information content (AvgIpc) is 2.47. The summed E-state index contributed by atoms with van der Waals surface area (Å²) in [6.07, 6.45) is 4.10. The lowest BCUT2D eigenvalue weighted by Gasteiger charge is -2.37. The lowest BCUT2D eigenvalue weighted by atomic mass is 9.75. The third kappa shape index (κ3) is 3.33. The Bertz CT molecular complexity index is 569. The van der Waals surface area contributed by atoms with Crippen LogP contribution in [0.15, 0.2) is 12.1 Å². The Morgan fingerprint density at radius 1 is 1.52 bits per heavy atom. The van der Waals surface area contributed by atoms with E-state index in [1.165, 1.54) is 0 Å². The summed E-state index contributed by atoms with van der Waals surface area (Å²) in [5.74, 6) is 0.252. The fourth-order valence-electron chi connectivity index (χ4n) is 3.01. The molecule has 21 heavy (non-hydrogen) atoms. The summed E-state index contributed by atoms with van der Waals surface area (Å²) >= 11 is 0. The molecule has 1 saturated carbocycles. The summed E-state index contributed by atoms with van der Waals surface area (Å²) in [5.41, 5.74) is 0.242. The first-order valence-electron chi connectivity index (χ1n) is 7.39. The smallest absolute Gasteiger partial charge is 0.329 e. The summed E-state index contributed by atoms with van der Waals surface area (Å²) in [5, 5.41) is 21.8. The van der Waals surface area contributed by atoms with E-state index < -0.39 is 11.5 Å². The second-order valence-corrected chi connectivity index (χ2v) is 5.86. The van der Waals surface area contributed by atoms with Gasteiger partial charge in [-0.15, -0.1) is 0 Å². The second kappa shape index (κ2) is 6.13. The van der Waals surface area contributed by atoms with Crippen LogP contribution >= 0.6 is 0 Å². The number of carboxylic acid groups (broad SMARTS) is 1. The number of carbonyl (C=O) groups is 1. The highest BCUT2D eigenvalue weighted by molar-refractivity contribution is 5.82. The van der Waals surface area contributed by atoms with E-state index in [1.807, 2.05) is 0 Å². The number of aromatic nitrogens is 1. The van der Waals surface area contributed by atoms with Crippen molar-refractivity contribution in [3.8, 4) is 6.07 Å². The van der Waals surface area contributed by atoms with E-state index in [-0.39, 0.29) is 0 Å². The van der Waals surface area contributed by atoms with Gasteiger partial charge in [-0.1, -0.05) is 13.3 Å². The van der Waals surface area contributed by atoms with Crippen LogP contribution < -0.4 is 5.32 Å². The van der Waals surface area contributed by atoms with Gasteiger partial charge in [0, 0.05) is 5.69 Å². The first-order chi connectivity index (χ1) is 9.99. The van der Waals surface area contributed by atoms with Gasteiger partial charge in [0.2, 0.25) is 0 Å². The zero-order chi connectivity index (χ0) is 15.5. The topological polar surface area (TPSA) is 86.0 Å². The predicted molar refractivity (Wildman–Crippen MR) is 79.9 cm³/mol. The average molecular weight is 287 g/mol. The van der Waals surface area contributed by atoms with Crippen LogP contribution in [0.5, 0.6) is 0 Å². The summed E-state index contributed by atoms with van der Waals surface area (Å²) in [4.78, 5) is 16.1. The summed E-state index contributed by atoms with van der Waals surface area (Å²) in [6, 6.07) is 5.38. The molecule has 2 N–H and O–H groups in total. The molecule has 1 aliphatic rings. The van der Waals surface area contributed by atoms with Gasteiger partial charge in [-0.05, 0) is 50.7 Å². The predicted octanol–water partition coefficient (Wildman–Crippen LogP) is 3.10. The van der Waals surface area contributed by atoms with E-state index in [2.05, 4.69) is 23.3 Å². The minimum atomic E-state index is -0.959. The molecule has 1 aliphatic carbocycles. The van der Waals surface area contributed by atoms with Gasteiger partial charge in [0.05, 0.1) is 11.6 Å². The van der Waals surface area contributed by atoms with Gasteiger partial charge in [-0.3, -0.25) is 0 Å². The third-order valence-corrected chi connectivity index (χ3v) is 4.40. The molecule has 0 saturated heterocycles. The van der Waals surface area contributed by atoms with Gasteiger partial charge >= 0.3 is 5.97 Å². The Labute approximate surface area is 125 Å². The Hall–Kier alpha value is -2.09. The summed E-state index contributed by atoms with van der Waals surface area (Å²) in [7, 11) is 0. The second-order valence-electron chi connectivity index (χ2n) is 5.86. The molecule has 5 heteroatoms. The molecule has 1 fully saturated rings. The van der Waals surface area contributed by atoms with Crippen molar-refractivity contribution >= 4 is 11.8 Å². The van der Waals surface area contributed by atoms with Crippen molar-refractivity contribution < 1.29 is 9.90 Å². The molecule has 112 valence electrons. The number of aliphatic carboxylic acids is 1. The molecule has 0 aliphatic heterocycles.